The van der Waals surface area contributed by atoms with E-state index in [0.29, 0.717) is 32.3 Å². The van der Waals surface area contributed by atoms with Crippen LogP contribution in [0.1, 0.15) is 11.1 Å². The van der Waals surface area contributed by atoms with E-state index in [1.165, 1.54) is 24.3 Å². The summed E-state index contributed by atoms with van der Waals surface area (Å²) < 4.78 is 0. The van der Waals surface area contributed by atoms with Gasteiger partial charge in [0.15, 0.2) is 11.2 Å². The molecule has 0 atom stereocenters. The number of benzene rings is 4. The predicted octanol–water partition coefficient (Wildman–Crippen LogP) is 7.12. The molecule has 4 aromatic rings. The average Bonchev–Trinajstić information content (AvgIpc) is 2.97. The number of rotatable bonds is 4. The molecule has 1 aliphatic rings. The Balaban J connectivity index is 1.32. The van der Waals surface area contributed by atoms with Crippen molar-refractivity contribution in [2.75, 3.05) is 0 Å². The van der Waals surface area contributed by atoms with Crippen molar-refractivity contribution in [3.05, 3.63) is 130 Å². The number of aromatic hydroxyl groups is 2. The molecule has 5 rings (SSSR count). The molecule has 0 amide bonds. The number of hydrogen-bond donors (Lipinski definition) is 4. The highest BCUT2D eigenvalue weighted by Gasteiger charge is 2.28. The first kappa shape index (κ1) is 29.1. The summed E-state index contributed by atoms with van der Waals surface area (Å²) in [5.41, 5.74) is 0.885. The van der Waals surface area contributed by atoms with Crippen molar-refractivity contribution < 1.29 is 20.4 Å². The zero-order chi connectivity index (χ0) is 29.7. The Kier molecular flexibility index (Phi) is 8.46. The van der Waals surface area contributed by atoms with E-state index in [1.54, 1.807) is 36.4 Å². The molecule has 0 spiro atoms. The molecule has 0 unspecified atom stereocenters. The molecule has 4 aromatic carbocycles. The number of phenols is 2. The summed E-state index contributed by atoms with van der Waals surface area (Å²) in [5.74, 6) is 11.8. The van der Waals surface area contributed by atoms with Gasteiger partial charge in [-0.15, -0.1) is 0 Å². The van der Waals surface area contributed by atoms with Crippen LogP contribution in [-0.4, -0.2) is 31.6 Å². The van der Waals surface area contributed by atoms with Crippen molar-refractivity contribution in [1.82, 2.24) is 0 Å². The van der Waals surface area contributed by atoms with E-state index in [1.807, 2.05) is 48.5 Å². The molecule has 1 aliphatic carbocycles. The van der Waals surface area contributed by atoms with Crippen LogP contribution >= 0.6 is 23.2 Å². The lowest BCUT2D eigenvalue weighted by Gasteiger charge is -2.23. The summed E-state index contributed by atoms with van der Waals surface area (Å²) in [7, 11) is 0. The van der Waals surface area contributed by atoms with Gasteiger partial charge in [0.05, 0.1) is 0 Å². The molecular formula is C36H26Cl2O4. The van der Waals surface area contributed by atoms with Gasteiger partial charge in [0.1, 0.15) is 11.5 Å². The normalized spacial score (nSPS) is 19.0. The average molecular weight is 594 g/mol. The third kappa shape index (κ3) is 6.39. The SMILES string of the molecule is Oc1cccc(CC#CC2(O)C=CC(O)(C#CCc3cccc(O)c3-c3ccccc3Cl)C=C2)c1-c1ccccc1Cl. The number of hydrogen-bond acceptors (Lipinski definition) is 4. The van der Waals surface area contributed by atoms with Crippen molar-refractivity contribution in [2.45, 2.75) is 24.0 Å². The second kappa shape index (κ2) is 12.2. The Bertz CT molecular complexity index is 1690. The Morgan fingerprint density at radius 2 is 0.905 bits per heavy atom. The lowest BCUT2D eigenvalue weighted by atomic mass is 9.89. The lowest BCUT2D eigenvalue weighted by Crippen LogP contribution is -2.31. The van der Waals surface area contributed by atoms with Gasteiger partial charge in [-0.25, -0.2) is 0 Å². The molecule has 0 heterocycles. The first-order valence-electron chi connectivity index (χ1n) is 13.2. The highest BCUT2D eigenvalue weighted by atomic mass is 35.5. The van der Waals surface area contributed by atoms with E-state index >= 15 is 0 Å². The maximum absolute atomic E-state index is 11.0. The lowest BCUT2D eigenvalue weighted by molar-refractivity contribution is 0.169. The van der Waals surface area contributed by atoms with Gasteiger partial charge in [-0.1, -0.05) is 108 Å². The molecule has 0 radical (unpaired) electrons. The third-order valence-corrected chi connectivity index (χ3v) is 7.52. The van der Waals surface area contributed by atoms with E-state index in [9.17, 15) is 20.4 Å². The van der Waals surface area contributed by atoms with Crippen LogP contribution in [0.3, 0.4) is 0 Å². The van der Waals surface area contributed by atoms with E-state index in [4.69, 9.17) is 23.2 Å². The number of aliphatic hydroxyl groups is 2. The Hall–Kier alpha value is -4.42. The second-order valence-electron chi connectivity index (χ2n) is 9.86. The zero-order valence-electron chi connectivity index (χ0n) is 22.4. The van der Waals surface area contributed by atoms with E-state index < -0.39 is 11.2 Å². The molecule has 0 bridgehead atoms. The molecule has 42 heavy (non-hydrogen) atoms. The monoisotopic (exact) mass is 592 g/mol. The topological polar surface area (TPSA) is 80.9 Å². The highest BCUT2D eigenvalue weighted by molar-refractivity contribution is 6.33. The summed E-state index contributed by atoms with van der Waals surface area (Å²) in [6.07, 6.45) is 6.10. The highest BCUT2D eigenvalue weighted by Crippen LogP contribution is 2.38. The maximum Gasteiger partial charge on any atom is 0.163 e. The standard InChI is InChI=1S/C36H26Cl2O4/c37-29-15-3-1-13-27(29)33-25(9-5-17-31(33)39)11-7-19-35(41)21-23-36(42,24-22-35)20-8-12-26-10-6-18-32(40)34(26)28-14-2-4-16-30(28)38/h1-6,9-10,13-18,21-24,39-42H,11-12H2. The van der Waals surface area contributed by atoms with Gasteiger partial charge in [0.2, 0.25) is 0 Å². The van der Waals surface area contributed by atoms with Crippen LogP contribution in [0.5, 0.6) is 11.5 Å². The van der Waals surface area contributed by atoms with E-state index in [0.717, 1.165) is 11.1 Å². The summed E-state index contributed by atoms with van der Waals surface area (Å²) in [4.78, 5) is 0. The molecule has 4 N–H and O–H groups in total. The van der Waals surface area contributed by atoms with Gasteiger partial charge < -0.3 is 20.4 Å². The first-order chi connectivity index (χ1) is 20.2. The van der Waals surface area contributed by atoms with Gasteiger partial charge in [-0.05, 0) is 59.7 Å². The molecule has 0 fully saturated rings. The fourth-order valence-corrected chi connectivity index (χ4v) is 5.23. The molecule has 0 saturated heterocycles. The van der Waals surface area contributed by atoms with Gasteiger partial charge in [-0.3, -0.25) is 0 Å². The van der Waals surface area contributed by atoms with Crippen LogP contribution in [0.25, 0.3) is 22.3 Å². The summed E-state index contributed by atoms with van der Waals surface area (Å²) in [6, 6.07) is 24.8. The quantitative estimate of drug-likeness (QED) is 0.150. The number of halogens is 2. The Morgan fingerprint density at radius 3 is 1.29 bits per heavy atom. The second-order valence-corrected chi connectivity index (χ2v) is 10.7. The summed E-state index contributed by atoms with van der Waals surface area (Å²) >= 11 is 12.7. The number of phenolic OH excluding ortho intramolecular Hbond substituents is 2. The molecular weight excluding hydrogens is 567 g/mol. The van der Waals surface area contributed by atoms with Crippen LogP contribution in [-0.2, 0) is 12.8 Å². The minimum Gasteiger partial charge on any atom is -0.507 e. The van der Waals surface area contributed by atoms with Crippen molar-refractivity contribution >= 4 is 23.2 Å². The van der Waals surface area contributed by atoms with Crippen LogP contribution in [0.4, 0.5) is 0 Å². The minimum absolute atomic E-state index is 0.0897. The smallest absolute Gasteiger partial charge is 0.163 e. The molecule has 0 aromatic heterocycles. The van der Waals surface area contributed by atoms with Crippen molar-refractivity contribution in [3.8, 4) is 57.4 Å². The zero-order valence-corrected chi connectivity index (χ0v) is 23.9. The van der Waals surface area contributed by atoms with Gasteiger partial charge in [0.25, 0.3) is 0 Å². The maximum atomic E-state index is 11.0. The Labute approximate surface area is 254 Å². The van der Waals surface area contributed by atoms with Crippen LogP contribution in [0.15, 0.2) is 109 Å². The largest absolute Gasteiger partial charge is 0.507 e. The van der Waals surface area contributed by atoms with Crippen molar-refractivity contribution in [3.63, 3.8) is 0 Å². The fourth-order valence-electron chi connectivity index (χ4n) is 4.77. The van der Waals surface area contributed by atoms with E-state index in [2.05, 4.69) is 23.7 Å². The van der Waals surface area contributed by atoms with Crippen molar-refractivity contribution in [2.24, 2.45) is 0 Å². The minimum atomic E-state index is -1.60. The molecule has 4 nitrogen and oxygen atoms in total. The Morgan fingerprint density at radius 1 is 0.524 bits per heavy atom. The molecule has 208 valence electrons. The van der Waals surface area contributed by atoms with E-state index in [-0.39, 0.29) is 24.3 Å². The third-order valence-electron chi connectivity index (χ3n) is 6.86. The molecule has 0 saturated carbocycles. The van der Waals surface area contributed by atoms with Crippen molar-refractivity contribution in [1.29, 1.82) is 0 Å². The van der Waals surface area contributed by atoms with Crippen LogP contribution < -0.4 is 0 Å². The predicted molar refractivity (Wildman–Crippen MR) is 168 cm³/mol. The summed E-state index contributed by atoms with van der Waals surface area (Å²) in [6.45, 7) is 0. The van der Waals surface area contributed by atoms with Crippen LogP contribution in [0, 0.1) is 23.7 Å². The molecule has 0 aliphatic heterocycles. The summed E-state index contributed by atoms with van der Waals surface area (Å²) in [5, 5.41) is 44.0. The first-order valence-corrected chi connectivity index (χ1v) is 13.9. The molecule has 6 heteroatoms. The van der Waals surface area contributed by atoms with Gasteiger partial charge >= 0.3 is 0 Å². The fraction of sp³-hybridized carbons (Fsp3) is 0.111. The van der Waals surface area contributed by atoms with Gasteiger partial charge in [0, 0.05) is 45.1 Å². The van der Waals surface area contributed by atoms with Gasteiger partial charge in [-0.2, -0.15) is 0 Å². The van der Waals surface area contributed by atoms with Crippen LogP contribution in [0.2, 0.25) is 10.0 Å².